The van der Waals surface area contributed by atoms with Crippen LogP contribution in [0.15, 0.2) is 35.4 Å². The summed E-state index contributed by atoms with van der Waals surface area (Å²) in [6.07, 6.45) is 4.57. The number of benzene rings is 1. The van der Waals surface area contributed by atoms with Crippen molar-refractivity contribution in [1.82, 2.24) is 15.2 Å². The number of piperidine rings is 1. The summed E-state index contributed by atoms with van der Waals surface area (Å²) in [5, 5.41) is 3.32. The van der Waals surface area contributed by atoms with Crippen LogP contribution in [0, 0.1) is 13.8 Å². The van der Waals surface area contributed by atoms with Crippen molar-refractivity contribution in [3.8, 4) is 0 Å². The zero-order chi connectivity index (χ0) is 23.6. The molecule has 0 unspecified atom stereocenters. The van der Waals surface area contributed by atoms with Gasteiger partial charge in [0, 0.05) is 38.8 Å². The number of anilines is 2. The molecule has 33 heavy (non-hydrogen) atoms. The lowest BCUT2D eigenvalue weighted by Gasteiger charge is -2.35. The molecule has 3 heterocycles. The number of nitrogens with zero attached hydrogens (tertiary/aromatic N) is 3. The number of aromatic nitrogens is 1. The summed E-state index contributed by atoms with van der Waals surface area (Å²) in [5.74, 6) is 0.531. The number of likely N-dealkylation sites (tertiary alicyclic amines) is 1. The molecule has 1 aromatic heterocycles. The maximum absolute atomic E-state index is 13.6. The van der Waals surface area contributed by atoms with Crippen LogP contribution in [0.2, 0.25) is 0 Å². The fourth-order valence-corrected chi connectivity index (χ4v) is 5.57. The number of sulfonamides is 1. The summed E-state index contributed by atoms with van der Waals surface area (Å²) in [5.41, 5.74) is 2.67. The van der Waals surface area contributed by atoms with Crippen LogP contribution in [0.25, 0.3) is 0 Å². The molecule has 2 aromatic rings. The summed E-state index contributed by atoms with van der Waals surface area (Å²) in [6.45, 7) is 9.73. The molecule has 9 heteroatoms. The molecule has 2 saturated heterocycles. The molecule has 1 aromatic carbocycles. The van der Waals surface area contributed by atoms with Gasteiger partial charge in [-0.3, -0.25) is 9.52 Å². The van der Waals surface area contributed by atoms with E-state index in [1.165, 1.54) is 6.20 Å². The first-order valence-electron chi connectivity index (χ1n) is 11.6. The molecule has 0 spiro atoms. The maximum atomic E-state index is 13.6. The van der Waals surface area contributed by atoms with E-state index in [2.05, 4.69) is 26.8 Å². The third-order valence-electron chi connectivity index (χ3n) is 6.62. The molecule has 0 bridgehead atoms. The monoisotopic (exact) mass is 471 g/mol. The van der Waals surface area contributed by atoms with E-state index in [-0.39, 0.29) is 16.8 Å². The van der Waals surface area contributed by atoms with Crippen molar-refractivity contribution in [2.45, 2.75) is 51.0 Å². The zero-order valence-electron chi connectivity index (χ0n) is 19.6. The standard InChI is InChI=1S/C24H33N5O3S/c1-17-7-8-21(14-18(17)2)33(31,32)27-20-15-22(24(30)29-11-5-4-6-19(29)3)23(26-16-20)28-12-9-25-10-13-28/h7-8,14-16,19,25,27H,4-6,9-13H2,1-3H3/t19-/m0/s1. The van der Waals surface area contributed by atoms with E-state index in [4.69, 9.17) is 0 Å². The number of pyridine rings is 1. The highest BCUT2D eigenvalue weighted by molar-refractivity contribution is 7.92. The Morgan fingerprint density at radius 3 is 2.55 bits per heavy atom. The summed E-state index contributed by atoms with van der Waals surface area (Å²) >= 11 is 0. The van der Waals surface area contributed by atoms with Gasteiger partial charge in [-0.05, 0) is 69.4 Å². The molecule has 0 saturated carbocycles. The number of hydrogen-bond donors (Lipinski definition) is 2. The van der Waals surface area contributed by atoms with Crippen LogP contribution in [0.3, 0.4) is 0 Å². The highest BCUT2D eigenvalue weighted by Gasteiger charge is 2.29. The molecular weight excluding hydrogens is 438 g/mol. The van der Waals surface area contributed by atoms with Gasteiger partial charge >= 0.3 is 0 Å². The Labute approximate surface area is 196 Å². The summed E-state index contributed by atoms with van der Waals surface area (Å²) in [4.78, 5) is 22.4. The van der Waals surface area contributed by atoms with Gasteiger partial charge in [0.05, 0.1) is 22.3 Å². The van der Waals surface area contributed by atoms with Crippen molar-refractivity contribution < 1.29 is 13.2 Å². The van der Waals surface area contributed by atoms with Crippen molar-refractivity contribution in [2.24, 2.45) is 0 Å². The molecule has 2 fully saturated rings. The van der Waals surface area contributed by atoms with E-state index in [0.29, 0.717) is 23.6 Å². The molecule has 4 rings (SSSR count). The van der Waals surface area contributed by atoms with Crippen molar-refractivity contribution in [1.29, 1.82) is 0 Å². The molecule has 0 radical (unpaired) electrons. The van der Waals surface area contributed by atoms with Crippen molar-refractivity contribution in [3.05, 3.63) is 47.2 Å². The van der Waals surface area contributed by atoms with Gasteiger partial charge in [-0.1, -0.05) is 6.07 Å². The topological polar surface area (TPSA) is 94.6 Å². The molecule has 2 aliphatic heterocycles. The first kappa shape index (κ1) is 23.5. The van der Waals surface area contributed by atoms with Gasteiger partial charge in [0.15, 0.2) is 0 Å². The van der Waals surface area contributed by atoms with E-state index in [0.717, 1.165) is 56.6 Å². The average molecular weight is 472 g/mol. The minimum atomic E-state index is -3.81. The number of amides is 1. The molecule has 178 valence electrons. The second-order valence-corrected chi connectivity index (χ2v) is 10.7. The average Bonchev–Trinajstić information content (AvgIpc) is 2.81. The first-order chi connectivity index (χ1) is 15.8. The number of rotatable bonds is 5. The second-order valence-electron chi connectivity index (χ2n) is 9.03. The quantitative estimate of drug-likeness (QED) is 0.696. The number of nitrogens with one attached hydrogen (secondary N) is 2. The lowest BCUT2D eigenvalue weighted by molar-refractivity contribution is 0.0636. The summed E-state index contributed by atoms with van der Waals surface area (Å²) in [7, 11) is -3.81. The van der Waals surface area contributed by atoms with Crippen LogP contribution in [0.5, 0.6) is 0 Å². The third kappa shape index (κ3) is 5.14. The fraction of sp³-hybridized carbons (Fsp3) is 0.500. The zero-order valence-corrected chi connectivity index (χ0v) is 20.4. The van der Waals surface area contributed by atoms with Gasteiger partial charge in [-0.15, -0.1) is 0 Å². The molecule has 1 atom stereocenters. The summed E-state index contributed by atoms with van der Waals surface area (Å²) < 4.78 is 28.7. The van der Waals surface area contributed by atoms with Gasteiger partial charge in [-0.25, -0.2) is 13.4 Å². The molecule has 8 nitrogen and oxygen atoms in total. The van der Waals surface area contributed by atoms with Gasteiger partial charge < -0.3 is 15.1 Å². The first-order valence-corrected chi connectivity index (χ1v) is 13.1. The summed E-state index contributed by atoms with van der Waals surface area (Å²) in [6, 6.07) is 6.84. The molecule has 1 amide bonds. The Bertz CT molecular complexity index is 1130. The smallest absolute Gasteiger partial charge is 0.261 e. The minimum Gasteiger partial charge on any atom is -0.353 e. The third-order valence-corrected chi connectivity index (χ3v) is 8.00. The Balaban J connectivity index is 1.68. The SMILES string of the molecule is Cc1ccc(S(=O)(=O)Nc2cnc(N3CCNCC3)c(C(=O)N3CCCC[C@@H]3C)c2)cc1C. The maximum Gasteiger partial charge on any atom is 0.261 e. The van der Waals surface area contributed by atoms with Crippen molar-refractivity contribution in [2.75, 3.05) is 42.3 Å². The minimum absolute atomic E-state index is 0.0875. The largest absolute Gasteiger partial charge is 0.353 e. The van der Waals surface area contributed by atoms with E-state index in [1.54, 1.807) is 24.3 Å². The number of carbonyl (C=O) groups is 1. The van der Waals surface area contributed by atoms with Crippen molar-refractivity contribution >= 4 is 27.4 Å². The predicted molar refractivity (Wildman–Crippen MR) is 130 cm³/mol. The van der Waals surface area contributed by atoms with E-state index in [1.807, 2.05) is 18.7 Å². The van der Waals surface area contributed by atoms with Gasteiger partial charge in [0.25, 0.3) is 15.9 Å². The predicted octanol–water partition coefficient (Wildman–Crippen LogP) is 2.92. The van der Waals surface area contributed by atoms with Crippen LogP contribution in [0.1, 0.15) is 47.7 Å². The van der Waals surface area contributed by atoms with E-state index in [9.17, 15) is 13.2 Å². The second kappa shape index (κ2) is 9.69. The van der Waals surface area contributed by atoms with Gasteiger partial charge in [-0.2, -0.15) is 0 Å². The Kier molecular flexibility index (Phi) is 6.90. The lowest BCUT2D eigenvalue weighted by atomic mass is 10.0. The van der Waals surface area contributed by atoms with Crippen LogP contribution in [-0.2, 0) is 10.0 Å². The highest BCUT2D eigenvalue weighted by atomic mass is 32.2. The van der Waals surface area contributed by atoms with Gasteiger partial charge in [0.2, 0.25) is 0 Å². The Morgan fingerprint density at radius 2 is 1.85 bits per heavy atom. The number of carbonyl (C=O) groups excluding carboxylic acids is 1. The number of hydrogen-bond acceptors (Lipinski definition) is 6. The highest BCUT2D eigenvalue weighted by Crippen LogP contribution is 2.28. The molecule has 2 aliphatic rings. The normalized spacial score (nSPS) is 19.4. The van der Waals surface area contributed by atoms with E-state index < -0.39 is 10.0 Å². The Hall–Kier alpha value is -2.65. The Morgan fingerprint density at radius 1 is 1.09 bits per heavy atom. The van der Waals surface area contributed by atoms with Crippen molar-refractivity contribution in [3.63, 3.8) is 0 Å². The molecule has 0 aliphatic carbocycles. The van der Waals surface area contributed by atoms with Crippen LogP contribution in [0.4, 0.5) is 11.5 Å². The van der Waals surface area contributed by atoms with Gasteiger partial charge in [0.1, 0.15) is 5.82 Å². The lowest BCUT2D eigenvalue weighted by Crippen LogP contribution is -2.46. The molecular formula is C24H33N5O3S. The van der Waals surface area contributed by atoms with E-state index >= 15 is 0 Å². The number of aryl methyl sites for hydroxylation is 2. The van der Waals surface area contributed by atoms with Crippen LogP contribution in [-0.4, -0.2) is 63.0 Å². The fourth-order valence-electron chi connectivity index (χ4n) is 4.45. The molecule has 2 N–H and O–H groups in total. The van der Waals surface area contributed by atoms with Crippen LogP contribution >= 0.6 is 0 Å². The van der Waals surface area contributed by atoms with Crippen LogP contribution < -0.4 is 14.9 Å². The number of piperazine rings is 1.